The van der Waals surface area contributed by atoms with Crippen molar-refractivity contribution < 1.29 is 9.90 Å². The minimum Gasteiger partial charge on any atom is -0.384 e. The number of carbonyl (C=O) groups excluding carboxylic acids is 1. The SMILES string of the molecule is CN(CCN1CCCC1)C(=O)c1ccc(C#CCO)s1. The molecule has 0 aliphatic carbocycles. The first-order chi connectivity index (χ1) is 9.70. The van der Waals surface area contributed by atoms with E-state index in [1.165, 1.54) is 24.2 Å². The lowest BCUT2D eigenvalue weighted by Gasteiger charge is -2.20. The Labute approximate surface area is 124 Å². The molecule has 2 rings (SSSR count). The molecule has 1 aromatic heterocycles. The van der Waals surface area contributed by atoms with E-state index in [-0.39, 0.29) is 12.5 Å². The Bertz CT molecular complexity index is 509. The summed E-state index contributed by atoms with van der Waals surface area (Å²) in [4.78, 5) is 17.9. The zero-order valence-corrected chi connectivity index (χ0v) is 12.6. The van der Waals surface area contributed by atoms with Gasteiger partial charge in [0, 0.05) is 20.1 Å². The normalized spacial score (nSPS) is 14.9. The summed E-state index contributed by atoms with van der Waals surface area (Å²) in [5, 5.41) is 8.66. The number of likely N-dealkylation sites (tertiary alicyclic amines) is 1. The molecule has 1 aromatic rings. The van der Waals surface area contributed by atoms with Gasteiger partial charge in [0.2, 0.25) is 0 Å². The standard InChI is InChI=1S/C15H20N2O2S/c1-16(10-11-17-8-2-3-9-17)15(19)14-7-6-13(20-14)5-4-12-18/h6-7,18H,2-3,8-12H2,1H3. The van der Waals surface area contributed by atoms with Crippen molar-refractivity contribution in [1.82, 2.24) is 9.80 Å². The minimum atomic E-state index is -0.156. The van der Waals surface area contributed by atoms with E-state index in [0.717, 1.165) is 31.1 Å². The third-order valence-electron chi connectivity index (χ3n) is 3.40. The quantitative estimate of drug-likeness (QED) is 0.850. The monoisotopic (exact) mass is 292 g/mol. The van der Waals surface area contributed by atoms with Crippen molar-refractivity contribution in [2.24, 2.45) is 0 Å². The van der Waals surface area contributed by atoms with E-state index in [2.05, 4.69) is 16.7 Å². The van der Waals surface area contributed by atoms with Crippen LogP contribution in [0.4, 0.5) is 0 Å². The molecule has 2 heterocycles. The molecule has 0 atom stereocenters. The number of thiophene rings is 1. The maximum Gasteiger partial charge on any atom is 0.263 e. The molecule has 0 unspecified atom stereocenters. The second kappa shape index (κ2) is 7.44. The van der Waals surface area contributed by atoms with Gasteiger partial charge in [-0.25, -0.2) is 0 Å². The largest absolute Gasteiger partial charge is 0.384 e. The summed E-state index contributed by atoms with van der Waals surface area (Å²) in [6, 6.07) is 3.63. The van der Waals surface area contributed by atoms with Crippen LogP contribution in [0.2, 0.25) is 0 Å². The van der Waals surface area contributed by atoms with Gasteiger partial charge in [0.1, 0.15) is 6.61 Å². The molecule has 1 N–H and O–H groups in total. The Morgan fingerprint density at radius 1 is 1.45 bits per heavy atom. The molecule has 4 nitrogen and oxygen atoms in total. The van der Waals surface area contributed by atoms with Gasteiger partial charge in [-0.2, -0.15) is 0 Å². The summed E-state index contributed by atoms with van der Waals surface area (Å²) in [5.41, 5.74) is 0. The fourth-order valence-electron chi connectivity index (χ4n) is 2.23. The van der Waals surface area contributed by atoms with Gasteiger partial charge in [-0.3, -0.25) is 4.79 Å². The summed E-state index contributed by atoms with van der Waals surface area (Å²) in [6.07, 6.45) is 2.55. The molecule has 20 heavy (non-hydrogen) atoms. The van der Waals surface area contributed by atoms with Gasteiger partial charge in [0.15, 0.2) is 0 Å². The Morgan fingerprint density at radius 3 is 2.90 bits per heavy atom. The first-order valence-corrected chi connectivity index (χ1v) is 7.70. The molecule has 1 saturated heterocycles. The lowest BCUT2D eigenvalue weighted by atomic mass is 10.3. The molecule has 108 valence electrons. The predicted octanol–water partition coefficient (Wildman–Crippen LogP) is 1.26. The second-order valence-electron chi connectivity index (χ2n) is 4.90. The number of hydrogen-bond acceptors (Lipinski definition) is 4. The molecule has 0 radical (unpaired) electrons. The molecular formula is C15H20N2O2S. The van der Waals surface area contributed by atoms with Crippen molar-refractivity contribution in [3.63, 3.8) is 0 Å². The number of rotatable bonds is 4. The van der Waals surface area contributed by atoms with Crippen molar-refractivity contribution in [1.29, 1.82) is 0 Å². The number of amides is 1. The molecule has 0 bridgehead atoms. The average Bonchev–Trinajstić information content (AvgIpc) is 3.12. The van der Waals surface area contributed by atoms with E-state index in [0.29, 0.717) is 4.88 Å². The van der Waals surface area contributed by atoms with Crippen molar-refractivity contribution in [3.8, 4) is 11.8 Å². The molecule has 0 saturated carbocycles. The van der Waals surface area contributed by atoms with Gasteiger partial charge < -0.3 is 14.9 Å². The van der Waals surface area contributed by atoms with Crippen LogP contribution in [0.5, 0.6) is 0 Å². The first-order valence-electron chi connectivity index (χ1n) is 6.88. The Hall–Kier alpha value is -1.35. The van der Waals surface area contributed by atoms with Crippen molar-refractivity contribution in [3.05, 3.63) is 21.9 Å². The highest BCUT2D eigenvalue weighted by atomic mass is 32.1. The number of nitrogens with zero attached hydrogens (tertiary/aromatic N) is 2. The number of likely N-dealkylation sites (N-methyl/N-ethyl adjacent to an activating group) is 1. The number of hydrogen-bond donors (Lipinski definition) is 1. The van der Waals surface area contributed by atoms with Crippen LogP contribution in [0.15, 0.2) is 12.1 Å². The van der Waals surface area contributed by atoms with Gasteiger partial charge in [-0.1, -0.05) is 11.8 Å². The van der Waals surface area contributed by atoms with Crippen LogP contribution >= 0.6 is 11.3 Å². The van der Waals surface area contributed by atoms with Crippen LogP contribution in [0.25, 0.3) is 0 Å². The lowest BCUT2D eigenvalue weighted by molar-refractivity contribution is 0.0787. The van der Waals surface area contributed by atoms with E-state index in [9.17, 15) is 4.79 Å². The fourth-order valence-corrected chi connectivity index (χ4v) is 3.11. The summed E-state index contributed by atoms with van der Waals surface area (Å²) >= 11 is 1.38. The maximum atomic E-state index is 12.3. The van der Waals surface area contributed by atoms with Crippen LogP contribution in [0.3, 0.4) is 0 Å². The van der Waals surface area contributed by atoms with E-state index >= 15 is 0 Å². The van der Waals surface area contributed by atoms with E-state index in [1.807, 2.05) is 13.1 Å². The minimum absolute atomic E-state index is 0.0474. The predicted molar refractivity (Wildman–Crippen MR) is 80.9 cm³/mol. The highest BCUT2D eigenvalue weighted by molar-refractivity contribution is 7.14. The summed E-state index contributed by atoms with van der Waals surface area (Å²) in [6.45, 7) is 3.86. The summed E-state index contributed by atoms with van der Waals surface area (Å²) < 4.78 is 0. The van der Waals surface area contributed by atoms with E-state index in [1.54, 1.807) is 11.0 Å². The van der Waals surface area contributed by atoms with Gasteiger partial charge in [-0.15, -0.1) is 11.3 Å². The Balaban J connectivity index is 1.87. The van der Waals surface area contributed by atoms with Gasteiger partial charge in [0.25, 0.3) is 5.91 Å². The molecule has 1 fully saturated rings. The van der Waals surface area contributed by atoms with E-state index < -0.39 is 0 Å². The van der Waals surface area contributed by atoms with Crippen LogP contribution in [0, 0.1) is 11.8 Å². The third kappa shape index (κ3) is 4.07. The maximum absolute atomic E-state index is 12.3. The van der Waals surface area contributed by atoms with Crippen molar-refractivity contribution >= 4 is 17.2 Å². The molecule has 1 aliphatic rings. The summed E-state index contributed by atoms with van der Waals surface area (Å²) in [7, 11) is 1.84. The van der Waals surface area contributed by atoms with Crippen molar-refractivity contribution in [2.45, 2.75) is 12.8 Å². The zero-order chi connectivity index (χ0) is 14.4. The topological polar surface area (TPSA) is 43.8 Å². The highest BCUT2D eigenvalue weighted by Crippen LogP contribution is 2.17. The van der Waals surface area contributed by atoms with Gasteiger partial charge in [0.05, 0.1) is 9.75 Å². The molecule has 0 aromatic carbocycles. The van der Waals surface area contributed by atoms with Crippen LogP contribution in [-0.4, -0.2) is 60.6 Å². The molecule has 0 spiro atoms. The fraction of sp³-hybridized carbons (Fsp3) is 0.533. The van der Waals surface area contributed by atoms with Crippen LogP contribution in [0.1, 0.15) is 27.4 Å². The number of carbonyl (C=O) groups is 1. The number of aliphatic hydroxyl groups excluding tert-OH is 1. The highest BCUT2D eigenvalue weighted by Gasteiger charge is 2.16. The van der Waals surface area contributed by atoms with Gasteiger partial charge in [-0.05, 0) is 38.1 Å². The number of aliphatic hydroxyl groups is 1. The molecule has 1 aliphatic heterocycles. The Kier molecular flexibility index (Phi) is 5.60. The Morgan fingerprint density at radius 2 is 2.20 bits per heavy atom. The molecule has 1 amide bonds. The van der Waals surface area contributed by atoms with Crippen LogP contribution < -0.4 is 0 Å². The van der Waals surface area contributed by atoms with Crippen molar-refractivity contribution in [2.75, 3.05) is 39.8 Å². The van der Waals surface area contributed by atoms with Gasteiger partial charge >= 0.3 is 0 Å². The average molecular weight is 292 g/mol. The smallest absolute Gasteiger partial charge is 0.263 e. The third-order valence-corrected chi connectivity index (χ3v) is 4.39. The second-order valence-corrected chi connectivity index (χ2v) is 5.98. The first kappa shape index (κ1) is 15.0. The molecule has 5 heteroatoms. The summed E-state index contributed by atoms with van der Waals surface area (Å²) in [5.74, 6) is 5.46. The van der Waals surface area contributed by atoms with Crippen LogP contribution in [-0.2, 0) is 0 Å². The zero-order valence-electron chi connectivity index (χ0n) is 11.8. The molecular weight excluding hydrogens is 272 g/mol. The van der Waals surface area contributed by atoms with E-state index in [4.69, 9.17) is 5.11 Å². The lowest BCUT2D eigenvalue weighted by Crippen LogP contribution is -2.34.